The molecule has 1 aliphatic rings. The minimum absolute atomic E-state index is 0.222. The summed E-state index contributed by atoms with van der Waals surface area (Å²) in [5, 5.41) is 19.9. The molecule has 2 aromatic carbocycles. The maximum atomic E-state index is 11.6. The summed E-state index contributed by atoms with van der Waals surface area (Å²) in [6.07, 6.45) is 1.57. The Morgan fingerprint density at radius 1 is 1.04 bits per heavy atom. The van der Waals surface area contributed by atoms with Crippen molar-refractivity contribution in [3.05, 3.63) is 58.0 Å². The van der Waals surface area contributed by atoms with Gasteiger partial charge in [0.1, 0.15) is 11.8 Å². The second-order valence-corrected chi connectivity index (χ2v) is 6.31. The third-order valence-electron chi connectivity index (χ3n) is 3.58. The Hall–Kier alpha value is -3.75. The molecule has 1 N–H and O–H groups in total. The Labute approximate surface area is 158 Å². The van der Waals surface area contributed by atoms with Crippen molar-refractivity contribution in [2.24, 2.45) is 0 Å². The van der Waals surface area contributed by atoms with Crippen molar-refractivity contribution in [1.82, 2.24) is 5.32 Å². The first-order chi connectivity index (χ1) is 13.0. The number of carbonyl (C=O) groups is 2. The summed E-state index contributed by atoms with van der Waals surface area (Å²) in [7, 11) is 1.46. The van der Waals surface area contributed by atoms with Crippen molar-refractivity contribution in [2.75, 3.05) is 7.11 Å². The summed E-state index contributed by atoms with van der Waals surface area (Å²) in [6, 6.07) is 13.5. The molecule has 0 saturated carbocycles. The molecule has 0 aromatic heterocycles. The van der Waals surface area contributed by atoms with E-state index < -0.39 is 11.1 Å². The van der Waals surface area contributed by atoms with Gasteiger partial charge in [-0.1, -0.05) is 6.07 Å². The molecular formula is C19H11N3O4S. The molecule has 2 amide bonds. The van der Waals surface area contributed by atoms with Crippen LogP contribution in [0.15, 0.2) is 41.3 Å². The summed E-state index contributed by atoms with van der Waals surface area (Å²) < 4.78 is 11.1. The Bertz CT molecular complexity index is 1060. The van der Waals surface area contributed by atoms with Crippen molar-refractivity contribution in [3.8, 4) is 29.4 Å². The fraction of sp³-hybridized carbons (Fsp3) is 0.0526. The van der Waals surface area contributed by atoms with E-state index in [1.165, 1.54) is 19.2 Å². The van der Waals surface area contributed by atoms with Gasteiger partial charge in [0, 0.05) is 0 Å². The van der Waals surface area contributed by atoms with E-state index in [1.54, 1.807) is 30.3 Å². The normalized spacial score (nSPS) is 14.4. The SMILES string of the molecule is COc1cc(/C=C2\SC(=O)NC2=O)ccc1Oc1ccc(C#N)cc1C#N. The molecular weight excluding hydrogens is 366 g/mol. The van der Waals surface area contributed by atoms with E-state index in [2.05, 4.69) is 5.32 Å². The van der Waals surface area contributed by atoms with Crippen LogP contribution in [-0.2, 0) is 4.79 Å². The van der Waals surface area contributed by atoms with Crippen LogP contribution in [0.5, 0.6) is 17.2 Å². The fourth-order valence-electron chi connectivity index (χ4n) is 2.33. The quantitative estimate of drug-likeness (QED) is 0.811. The maximum Gasteiger partial charge on any atom is 0.290 e. The highest BCUT2D eigenvalue weighted by Crippen LogP contribution is 2.35. The molecule has 1 aliphatic heterocycles. The van der Waals surface area contributed by atoms with Crippen LogP contribution >= 0.6 is 11.8 Å². The van der Waals surface area contributed by atoms with Gasteiger partial charge in [0.2, 0.25) is 0 Å². The number of benzene rings is 2. The molecule has 0 spiro atoms. The summed E-state index contributed by atoms with van der Waals surface area (Å²) in [6.45, 7) is 0. The summed E-state index contributed by atoms with van der Waals surface area (Å²) in [5.74, 6) is 0.588. The number of imide groups is 1. The van der Waals surface area contributed by atoms with Crippen LogP contribution in [0.1, 0.15) is 16.7 Å². The van der Waals surface area contributed by atoms with Gasteiger partial charge in [-0.2, -0.15) is 10.5 Å². The van der Waals surface area contributed by atoms with Crippen LogP contribution in [0.3, 0.4) is 0 Å². The van der Waals surface area contributed by atoms with Gasteiger partial charge in [0.25, 0.3) is 11.1 Å². The Morgan fingerprint density at radius 3 is 2.44 bits per heavy atom. The first-order valence-electron chi connectivity index (χ1n) is 7.59. The van der Waals surface area contributed by atoms with Gasteiger partial charge in [0.15, 0.2) is 11.5 Å². The van der Waals surface area contributed by atoms with Crippen molar-refractivity contribution < 1.29 is 19.1 Å². The number of nitrogens with one attached hydrogen (secondary N) is 1. The zero-order valence-corrected chi connectivity index (χ0v) is 14.8. The lowest BCUT2D eigenvalue weighted by molar-refractivity contribution is -0.115. The smallest absolute Gasteiger partial charge is 0.290 e. The number of rotatable bonds is 4. The largest absolute Gasteiger partial charge is 0.493 e. The van der Waals surface area contributed by atoms with Crippen molar-refractivity contribution >= 4 is 29.0 Å². The molecule has 27 heavy (non-hydrogen) atoms. The second kappa shape index (κ2) is 7.65. The third kappa shape index (κ3) is 3.92. The molecule has 0 unspecified atom stereocenters. The number of amides is 2. The van der Waals surface area contributed by atoms with Gasteiger partial charge in [-0.15, -0.1) is 0 Å². The average molecular weight is 377 g/mol. The maximum absolute atomic E-state index is 11.6. The second-order valence-electron chi connectivity index (χ2n) is 5.30. The third-order valence-corrected chi connectivity index (χ3v) is 4.39. The van der Waals surface area contributed by atoms with Crippen LogP contribution in [0.4, 0.5) is 4.79 Å². The van der Waals surface area contributed by atoms with Crippen LogP contribution in [0, 0.1) is 22.7 Å². The monoisotopic (exact) mass is 377 g/mol. The number of methoxy groups -OCH3 is 1. The number of nitriles is 2. The summed E-state index contributed by atoms with van der Waals surface area (Å²) in [5.41, 5.74) is 1.22. The lowest BCUT2D eigenvalue weighted by Gasteiger charge is -2.12. The zero-order chi connectivity index (χ0) is 19.4. The lowest BCUT2D eigenvalue weighted by atomic mass is 10.1. The van der Waals surface area contributed by atoms with Gasteiger partial charge >= 0.3 is 0 Å². The van der Waals surface area contributed by atoms with Crippen LogP contribution in [0.25, 0.3) is 6.08 Å². The van der Waals surface area contributed by atoms with Gasteiger partial charge in [-0.25, -0.2) is 0 Å². The minimum atomic E-state index is -0.444. The molecule has 1 heterocycles. The highest BCUT2D eigenvalue weighted by molar-refractivity contribution is 8.18. The van der Waals surface area contributed by atoms with E-state index in [0.29, 0.717) is 22.6 Å². The standard InChI is InChI=1S/C19H11N3O4S/c1-25-16-7-11(8-17-18(23)22-19(24)27-17)2-5-15(16)26-14-4-3-12(9-20)6-13(14)10-21/h2-8H,1H3,(H,22,23,24)/b17-8-. The topological polar surface area (TPSA) is 112 Å². The van der Waals surface area contributed by atoms with Crippen molar-refractivity contribution in [2.45, 2.75) is 0 Å². The molecule has 1 fully saturated rings. The molecule has 0 radical (unpaired) electrons. The molecule has 8 heteroatoms. The molecule has 0 atom stereocenters. The summed E-state index contributed by atoms with van der Waals surface area (Å²) >= 11 is 0.824. The highest BCUT2D eigenvalue weighted by atomic mass is 32.2. The predicted molar refractivity (Wildman–Crippen MR) is 98.0 cm³/mol. The van der Waals surface area contributed by atoms with E-state index in [9.17, 15) is 14.9 Å². The molecule has 3 rings (SSSR count). The van der Waals surface area contributed by atoms with E-state index in [1.807, 2.05) is 12.1 Å². The molecule has 132 valence electrons. The number of carbonyl (C=O) groups excluding carboxylic acids is 2. The van der Waals surface area contributed by atoms with Gasteiger partial charge < -0.3 is 9.47 Å². The van der Waals surface area contributed by atoms with E-state index in [4.69, 9.17) is 14.7 Å². The van der Waals surface area contributed by atoms with E-state index in [-0.39, 0.29) is 16.2 Å². The van der Waals surface area contributed by atoms with Gasteiger partial charge in [-0.05, 0) is 53.7 Å². The van der Waals surface area contributed by atoms with E-state index in [0.717, 1.165) is 11.8 Å². The number of thioether (sulfide) groups is 1. The van der Waals surface area contributed by atoms with E-state index >= 15 is 0 Å². The molecule has 0 bridgehead atoms. The molecule has 1 saturated heterocycles. The lowest BCUT2D eigenvalue weighted by Crippen LogP contribution is -2.17. The van der Waals surface area contributed by atoms with Gasteiger partial charge in [-0.3, -0.25) is 14.9 Å². The number of hydrogen-bond acceptors (Lipinski definition) is 7. The summed E-state index contributed by atoms with van der Waals surface area (Å²) in [4.78, 5) is 23.2. The van der Waals surface area contributed by atoms with Crippen LogP contribution < -0.4 is 14.8 Å². The molecule has 0 aliphatic carbocycles. The Kier molecular flexibility index (Phi) is 5.11. The Morgan fingerprint density at radius 2 is 1.81 bits per heavy atom. The van der Waals surface area contributed by atoms with Crippen LogP contribution in [-0.4, -0.2) is 18.3 Å². The van der Waals surface area contributed by atoms with Crippen molar-refractivity contribution in [1.29, 1.82) is 10.5 Å². The zero-order valence-electron chi connectivity index (χ0n) is 14.0. The minimum Gasteiger partial charge on any atom is -0.493 e. The highest BCUT2D eigenvalue weighted by Gasteiger charge is 2.25. The number of nitrogens with zero attached hydrogens (tertiary/aromatic N) is 2. The molecule has 2 aromatic rings. The van der Waals surface area contributed by atoms with Crippen LogP contribution in [0.2, 0.25) is 0 Å². The first-order valence-corrected chi connectivity index (χ1v) is 8.40. The molecule has 7 nitrogen and oxygen atoms in total. The number of hydrogen-bond donors (Lipinski definition) is 1. The average Bonchev–Trinajstić information content (AvgIpc) is 2.99. The predicted octanol–water partition coefficient (Wildman–Crippen LogP) is 3.55. The van der Waals surface area contributed by atoms with Gasteiger partial charge in [0.05, 0.1) is 29.2 Å². The number of ether oxygens (including phenoxy) is 2. The van der Waals surface area contributed by atoms with Crippen molar-refractivity contribution in [3.63, 3.8) is 0 Å². The fourth-order valence-corrected chi connectivity index (χ4v) is 3.01. The first kappa shape index (κ1) is 18.1. The Balaban J connectivity index is 1.91.